The normalized spacial score (nSPS) is 34.8. The van der Waals surface area contributed by atoms with Crippen LogP contribution in [0.2, 0.25) is 0 Å². The molecule has 1 saturated heterocycles. The monoisotopic (exact) mass is 154 g/mol. The van der Waals surface area contributed by atoms with E-state index in [1.165, 1.54) is 6.42 Å². The van der Waals surface area contributed by atoms with Crippen molar-refractivity contribution >= 4 is 0 Å². The summed E-state index contributed by atoms with van der Waals surface area (Å²) < 4.78 is 11.0. The van der Waals surface area contributed by atoms with Gasteiger partial charge in [0.15, 0.2) is 5.79 Å². The van der Waals surface area contributed by atoms with E-state index in [0.717, 1.165) is 19.6 Å². The molecule has 2 aliphatic rings. The molecule has 1 fully saturated rings. The van der Waals surface area contributed by atoms with Crippen LogP contribution in [0.5, 0.6) is 0 Å². The Labute approximate surface area is 67.2 Å². The van der Waals surface area contributed by atoms with Crippen LogP contribution in [-0.2, 0) is 9.47 Å². The van der Waals surface area contributed by atoms with Crippen molar-refractivity contribution < 1.29 is 9.47 Å². The van der Waals surface area contributed by atoms with E-state index in [0.29, 0.717) is 5.92 Å². The largest absolute Gasteiger partial charge is 0.344 e. The fourth-order valence-electron chi connectivity index (χ4n) is 1.63. The first-order chi connectivity index (χ1) is 5.31. The molecule has 1 spiro atoms. The minimum atomic E-state index is -0.327. The van der Waals surface area contributed by atoms with Gasteiger partial charge in [0.25, 0.3) is 0 Å². The molecule has 62 valence electrons. The number of allylic oxidation sites excluding steroid dienone is 1. The maximum Gasteiger partial charge on any atom is 0.188 e. The molecule has 11 heavy (non-hydrogen) atoms. The number of hydrogen-bond acceptors (Lipinski definition) is 2. The molecule has 1 aliphatic carbocycles. The Morgan fingerprint density at radius 3 is 2.64 bits per heavy atom. The topological polar surface area (TPSA) is 18.5 Å². The van der Waals surface area contributed by atoms with Gasteiger partial charge in [-0.2, -0.15) is 0 Å². The SMILES string of the molecule is C[C@H]1C=CC2(CC1)OCCO2. The molecule has 0 aromatic carbocycles. The van der Waals surface area contributed by atoms with Crippen LogP contribution in [0.4, 0.5) is 0 Å². The molecule has 0 amide bonds. The van der Waals surface area contributed by atoms with Gasteiger partial charge in [0.05, 0.1) is 13.2 Å². The third kappa shape index (κ3) is 1.33. The lowest BCUT2D eigenvalue weighted by atomic mass is 9.93. The van der Waals surface area contributed by atoms with Gasteiger partial charge in [-0.25, -0.2) is 0 Å². The molecule has 1 aliphatic heterocycles. The summed E-state index contributed by atoms with van der Waals surface area (Å²) in [7, 11) is 0. The summed E-state index contributed by atoms with van der Waals surface area (Å²) in [6, 6.07) is 0. The van der Waals surface area contributed by atoms with Crippen molar-refractivity contribution in [2.24, 2.45) is 5.92 Å². The Kier molecular flexibility index (Phi) is 1.74. The number of ether oxygens (including phenoxy) is 2. The third-order valence-electron chi connectivity index (χ3n) is 2.40. The summed E-state index contributed by atoms with van der Waals surface area (Å²) in [5, 5.41) is 0. The Bertz CT molecular complexity index is 168. The lowest BCUT2D eigenvalue weighted by molar-refractivity contribution is -0.126. The van der Waals surface area contributed by atoms with Gasteiger partial charge < -0.3 is 9.47 Å². The van der Waals surface area contributed by atoms with E-state index < -0.39 is 0 Å². The zero-order chi connectivity index (χ0) is 7.73. The number of rotatable bonds is 0. The van der Waals surface area contributed by atoms with Gasteiger partial charge in [-0.1, -0.05) is 13.0 Å². The van der Waals surface area contributed by atoms with E-state index in [1.807, 2.05) is 0 Å². The van der Waals surface area contributed by atoms with Crippen molar-refractivity contribution in [3.05, 3.63) is 12.2 Å². The second-order valence-corrected chi connectivity index (χ2v) is 3.38. The smallest absolute Gasteiger partial charge is 0.188 e. The molecule has 0 unspecified atom stereocenters. The molecular weight excluding hydrogens is 140 g/mol. The molecular formula is C9H14O2. The summed E-state index contributed by atoms with van der Waals surface area (Å²) in [5.41, 5.74) is 0. The first kappa shape index (κ1) is 7.32. The van der Waals surface area contributed by atoms with E-state index in [9.17, 15) is 0 Å². The Morgan fingerprint density at radius 1 is 1.36 bits per heavy atom. The summed E-state index contributed by atoms with van der Waals surface area (Å²) >= 11 is 0. The first-order valence-electron chi connectivity index (χ1n) is 4.28. The highest BCUT2D eigenvalue weighted by atomic mass is 16.7. The standard InChI is InChI=1S/C9H14O2/c1-8-2-4-9(5-3-8)10-6-7-11-9/h2,4,8H,3,5-7H2,1H3/t8-/m0/s1. The van der Waals surface area contributed by atoms with Crippen molar-refractivity contribution in [1.82, 2.24) is 0 Å². The van der Waals surface area contributed by atoms with Crippen LogP contribution in [-0.4, -0.2) is 19.0 Å². The van der Waals surface area contributed by atoms with E-state index >= 15 is 0 Å². The molecule has 1 atom stereocenters. The Morgan fingerprint density at radius 2 is 2.09 bits per heavy atom. The van der Waals surface area contributed by atoms with Crippen LogP contribution in [0.15, 0.2) is 12.2 Å². The molecule has 0 aromatic heterocycles. The fraction of sp³-hybridized carbons (Fsp3) is 0.778. The van der Waals surface area contributed by atoms with Crippen molar-refractivity contribution in [1.29, 1.82) is 0 Å². The maximum absolute atomic E-state index is 5.52. The zero-order valence-corrected chi connectivity index (χ0v) is 6.88. The molecule has 0 radical (unpaired) electrons. The summed E-state index contributed by atoms with van der Waals surface area (Å²) in [6.07, 6.45) is 6.46. The Balaban J connectivity index is 2.09. The molecule has 0 saturated carbocycles. The second kappa shape index (κ2) is 2.61. The van der Waals surface area contributed by atoms with E-state index in [1.54, 1.807) is 0 Å². The molecule has 2 rings (SSSR count). The summed E-state index contributed by atoms with van der Waals surface area (Å²) in [5.74, 6) is 0.361. The second-order valence-electron chi connectivity index (χ2n) is 3.38. The van der Waals surface area contributed by atoms with Gasteiger partial charge in [-0.05, 0) is 18.4 Å². The van der Waals surface area contributed by atoms with Gasteiger partial charge in [-0.15, -0.1) is 0 Å². The minimum absolute atomic E-state index is 0.327. The molecule has 1 heterocycles. The Hall–Kier alpha value is -0.340. The van der Waals surface area contributed by atoms with Crippen molar-refractivity contribution in [2.45, 2.75) is 25.6 Å². The average molecular weight is 154 g/mol. The predicted molar refractivity (Wildman–Crippen MR) is 42.2 cm³/mol. The van der Waals surface area contributed by atoms with Gasteiger partial charge in [0.1, 0.15) is 0 Å². The lowest BCUT2D eigenvalue weighted by Gasteiger charge is -2.28. The molecule has 2 heteroatoms. The third-order valence-corrected chi connectivity index (χ3v) is 2.40. The van der Waals surface area contributed by atoms with Crippen LogP contribution in [0.1, 0.15) is 19.8 Å². The van der Waals surface area contributed by atoms with Crippen LogP contribution >= 0.6 is 0 Å². The van der Waals surface area contributed by atoms with Gasteiger partial charge >= 0.3 is 0 Å². The highest BCUT2D eigenvalue weighted by molar-refractivity contribution is 5.04. The highest BCUT2D eigenvalue weighted by Crippen LogP contribution is 2.32. The summed E-state index contributed by atoms with van der Waals surface area (Å²) in [6.45, 7) is 3.72. The van der Waals surface area contributed by atoms with E-state index in [4.69, 9.17) is 9.47 Å². The van der Waals surface area contributed by atoms with Gasteiger partial charge in [-0.3, -0.25) is 0 Å². The van der Waals surface area contributed by atoms with Crippen LogP contribution < -0.4 is 0 Å². The quantitative estimate of drug-likeness (QED) is 0.494. The number of hydrogen-bond donors (Lipinski definition) is 0. The average Bonchev–Trinajstić information content (AvgIpc) is 2.45. The van der Waals surface area contributed by atoms with Gasteiger partial charge in [0, 0.05) is 6.42 Å². The molecule has 0 N–H and O–H groups in total. The van der Waals surface area contributed by atoms with Crippen LogP contribution in [0.3, 0.4) is 0 Å². The lowest BCUT2D eigenvalue weighted by Crippen LogP contribution is -2.30. The predicted octanol–water partition coefficient (Wildman–Crippen LogP) is 1.72. The van der Waals surface area contributed by atoms with Crippen molar-refractivity contribution in [2.75, 3.05) is 13.2 Å². The highest BCUT2D eigenvalue weighted by Gasteiger charge is 2.35. The zero-order valence-electron chi connectivity index (χ0n) is 6.88. The molecule has 0 bridgehead atoms. The first-order valence-corrected chi connectivity index (χ1v) is 4.28. The molecule has 0 aromatic rings. The summed E-state index contributed by atoms with van der Waals surface area (Å²) in [4.78, 5) is 0. The van der Waals surface area contributed by atoms with E-state index in [2.05, 4.69) is 19.1 Å². The maximum atomic E-state index is 5.52. The fourth-order valence-corrected chi connectivity index (χ4v) is 1.63. The van der Waals surface area contributed by atoms with Crippen LogP contribution in [0.25, 0.3) is 0 Å². The van der Waals surface area contributed by atoms with Crippen LogP contribution in [0, 0.1) is 5.92 Å². The van der Waals surface area contributed by atoms with E-state index in [-0.39, 0.29) is 5.79 Å². The van der Waals surface area contributed by atoms with Gasteiger partial charge in [0.2, 0.25) is 0 Å². The minimum Gasteiger partial charge on any atom is -0.344 e. The molecule has 2 nitrogen and oxygen atoms in total. The van der Waals surface area contributed by atoms with Crippen molar-refractivity contribution in [3.8, 4) is 0 Å². The van der Waals surface area contributed by atoms with Crippen molar-refractivity contribution in [3.63, 3.8) is 0 Å².